The number of aryl methyl sites for hydroxylation is 2. The maximum Gasteiger partial charge on any atom is 0.0827 e. The predicted molar refractivity (Wildman–Crippen MR) is 79.0 cm³/mol. The maximum absolute atomic E-state index is 4.48. The van der Waals surface area contributed by atoms with Crippen LogP contribution in [0.15, 0.2) is 0 Å². The monoisotopic (exact) mass is 251 g/mol. The second kappa shape index (κ2) is 6.26. The number of hydrogen-bond acceptors (Lipinski definition) is 2. The number of nitrogens with zero attached hydrogens (tertiary/aromatic N) is 2. The minimum absolute atomic E-state index is 0.548. The van der Waals surface area contributed by atoms with Crippen LogP contribution in [0.1, 0.15) is 51.9 Å². The molecule has 0 saturated heterocycles. The third kappa shape index (κ3) is 4.04. The van der Waals surface area contributed by atoms with Gasteiger partial charge in [0.25, 0.3) is 0 Å². The van der Waals surface area contributed by atoms with Gasteiger partial charge in [-0.15, -0.1) is 0 Å². The summed E-state index contributed by atoms with van der Waals surface area (Å²) in [6.45, 7) is 13.4. The van der Waals surface area contributed by atoms with Gasteiger partial charge in [-0.25, -0.2) is 0 Å². The Kier molecular flexibility index (Phi) is 5.24. The minimum atomic E-state index is 0.548. The summed E-state index contributed by atoms with van der Waals surface area (Å²) in [6, 6.07) is 0.548. The van der Waals surface area contributed by atoms with Gasteiger partial charge in [0.05, 0.1) is 17.1 Å². The molecule has 104 valence electrons. The van der Waals surface area contributed by atoms with E-state index in [9.17, 15) is 0 Å². The highest BCUT2D eigenvalue weighted by molar-refractivity contribution is 5.52. The van der Waals surface area contributed by atoms with Crippen molar-refractivity contribution in [2.75, 3.05) is 5.32 Å². The van der Waals surface area contributed by atoms with E-state index in [4.69, 9.17) is 0 Å². The predicted octanol–water partition coefficient (Wildman–Crippen LogP) is 3.91. The van der Waals surface area contributed by atoms with Crippen LogP contribution in [-0.2, 0) is 7.05 Å². The fourth-order valence-corrected chi connectivity index (χ4v) is 2.54. The average molecular weight is 251 g/mol. The van der Waals surface area contributed by atoms with Crippen LogP contribution in [-0.4, -0.2) is 15.8 Å². The zero-order valence-electron chi connectivity index (χ0n) is 13.0. The smallest absolute Gasteiger partial charge is 0.0827 e. The van der Waals surface area contributed by atoms with E-state index in [0.717, 1.165) is 17.5 Å². The molecule has 1 rings (SSSR count). The second-order valence-corrected chi connectivity index (χ2v) is 6.27. The van der Waals surface area contributed by atoms with Crippen LogP contribution in [0.25, 0.3) is 0 Å². The highest BCUT2D eigenvalue weighted by Crippen LogP contribution is 2.23. The normalized spacial score (nSPS) is 11.9. The molecule has 1 heterocycles. The lowest BCUT2D eigenvalue weighted by Crippen LogP contribution is -2.24. The van der Waals surface area contributed by atoms with Crippen molar-refractivity contribution in [2.24, 2.45) is 18.9 Å². The first kappa shape index (κ1) is 15.1. The van der Waals surface area contributed by atoms with Crippen LogP contribution in [0.4, 0.5) is 5.69 Å². The van der Waals surface area contributed by atoms with Gasteiger partial charge in [0.2, 0.25) is 0 Å². The van der Waals surface area contributed by atoms with Gasteiger partial charge in [-0.3, -0.25) is 4.68 Å². The van der Waals surface area contributed by atoms with Crippen molar-refractivity contribution in [3.8, 4) is 0 Å². The van der Waals surface area contributed by atoms with Gasteiger partial charge in [0, 0.05) is 13.1 Å². The van der Waals surface area contributed by atoms with Gasteiger partial charge < -0.3 is 5.32 Å². The van der Waals surface area contributed by atoms with Crippen LogP contribution in [0.3, 0.4) is 0 Å². The summed E-state index contributed by atoms with van der Waals surface area (Å²) in [6.07, 6.45) is 2.43. The molecule has 0 atom stereocenters. The fraction of sp³-hybridized carbons (Fsp3) is 0.800. The van der Waals surface area contributed by atoms with Crippen molar-refractivity contribution < 1.29 is 0 Å². The van der Waals surface area contributed by atoms with Crippen LogP contribution in [0.2, 0.25) is 0 Å². The van der Waals surface area contributed by atoms with E-state index in [-0.39, 0.29) is 0 Å². The van der Waals surface area contributed by atoms with Gasteiger partial charge in [-0.05, 0) is 38.5 Å². The van der Waals surface area contributed by atoms with Gasteiger partial charge in [-0.1, -0.05) is 27.7 Å². The molecule has 0 radical (unpaired) electrons. The molecule has 0 aliphatic carbocycles. The van der Waals surface area contributed by atoms with Crippen molar-refractivity contribution in [1.29, 1.82) is 0 Å². The molecule has 0 aromatic carbocycles. The molecule has 3 nitrogen and oxygen atoms in total. The molecule has 1 N–H and O–H groups in total. The standard InChI is InChI=1S/C15H29N3/c1-10(2)8-14(9-11(3)4)16-15-12(5)17-18(7)13(15)6/h10-11,14,16H,8-9H2,1-7H3. The van der Waals surface area contributed by atoms with Crippen molar-refractivity contribution in [2.45, 2.75) is 60.4 Å². The summed E-state index contributed by atoms with van der Waals surface area (Å²) in [7, 11) is 2.01. The molecule has 18 heavy (non-hydrogen) atoms. The lowest BCUT2D eigenvalue weighted by atomic mass is 9.95. The molecule has 0 bridgehead atoms. The third-order valence-electron chi connectivity index (χ3n) is 3.37. The first-order valence-corrected chi connectivity index (χ1v) is 7.08. The van der Waals surface area contributed by atoms with Crippen LogP contribution >= 0.6 is 0 Å². The first-order valence-electron chi connectivity index (χ1n) is 7.08. The van der Waals surface area contributed by atoms with Gasteiger partial charge in [0.15, 0.2) is 0 Å². The number of hydrogen-bond donors (Lipinski definition) is 1. The second-order valence-electron chi connectivity index (χ2n) is 6.27. The van der Waals surface area contributed by atoms with Crippen molar-refractivity contribution in [3.63, 3.8) is 0 Å². The maximum atomic E-state index is 4.48. The van der Waals surface area contributed by atoms with Crippen LogP contribution < -0.4 is 5.32 Å². The average Bonchev–Trinajstić information content (AvgIpc) is 2.43. The molecule has 1 aromatic rings. The molecular formula is C15H29N3. The molecule has 3 heteroatoms. The van der Waals surface area contributed by atoms with Crippen molar-refractivity contribution in [1.82, 2.24) is 9.78 Å². The topological polar surface area (TPSA) is 29.9 Å². The van der Waals surface area contributed by atoms with E-state index in [1.165, 1.54) is 24.2 Å². The lowest BCUT2D eigenvalue weighted by molar-refractivity contribution is 0.442. The molecule has 0 aliphatic rings. The highest BCUT2D eigenvalue weighted by Gasteiger charge is 2.17. The number of nitrogens with one attached hydrogen (secondary N) is 1. The lowest BCUT2D eigenvalue weighted by Gasteiger charge is -2.23. The van der Waals surface area contributed by atoms with E-state index in [2.05, 4.69) is 52.0 Å². The molecule has 0 fully saturated rings. The first-order chi connectivity index (χ1) is 8.31. The van der Waals surface area contributed by atoms with E-state index in [0.29, 0.717) is 6.04 Å². The number of rotatable bonds is 6. The van der Waals surface area contributed by atoms with Gasteiger partial charge >= 0.3 is 0 Å². The largest absolute Gasteiger partial charge is 0.379 e. The Morgan fingerprint density at radius 3 is 1.89 bits per heavy atom. The molecule has 0 unspecified atom stereocenters. The van der Waals surface area contributed by atoms with E-state index in [1.807, 2.05) is 11.7 Å². The number of anilines is 1. The van der Waals surface area contributed by atoms with E-state index in [1.54, 1.807) is 0 Å². The molecular weight excluding hydrogens is 222 g/mol. The minimum Gasteiger partial charge on any atom is -0.379 e. The van der Waals surface area contributed by atoms with Crippen molar-refractivity contribution >= 4 is 5.69 Å². The summed E-state index contributed by atoms with van der Waals surface area (Å²) in [4.78, 5) is 0. The van der Waals surface area contributed by atoms with Crippen LogP contribution in [0, 0.1) is 25.7 Å². The Morgan fingerprint density at radius 1 is 1.06 bits per heavy atom. The Bertz CT molecular complexity index is 367. The SMILES string of the molecule is Cc1nn(C)c(C)c1NC(CC(C)C)CC(C)C. The van der Waals surface area contributed by atoms with Crippen LogP contribution in [0.5, 0.6) is 0 Å². The zero-order valence-corrected chi connectivity index (χ0v) is 13.0. The Balaban J connectivity index is 2.81. The number of aromatic nitrogens is 2. The summed E-state index contributed by atoms with van der Waals surface area (Å²) in [5, 5.41) is 8.19. The molecule has 0 amide bonds. The summed E-state index contributed by atoms with van der Waals surface area (Å²) in [5.41, 5.74) is 3.56. The summed E-state index contributed by atoms with van der Waals surface area (Å²) < 4.78 is 1.96. The Labute approximate surface area is 112 Å². The Hall–Kier alpha value is -0.990. The molecule has 0 aliphatic heterocycles. The zero-order chi connectivity index (χ0) is 13.9. The van der Waals surface area contributed by atoms with Gasteiger partial charge in [-0.2, -0.15) is 5.10 Å². The fourth-order valence-electron chi connectivity index (χ4n) is 2.54. The van der Waals surface area contributed by atoms with E-state index >= 15 is 0 Å². The Morgan fingerprint density at radius 2 is 1.56 bits per heavy atom. The molecule has 0 spiro atoms. The molecule has 0 saturated carbocycles. The van der Waals surface area contributed by atoms with Crippen molar-refractivity contribution in [3.05, 3.63) is 11.4 Å². The third-order valence-corrected chi connectivity index (χ3v) is 3.37. The molecule has 1 aromatic heterocycles. The van der Waals surface area contributed by atoms with E-state index < -0.39 is 0 Å². The highest BCUT2D eigenvalue weighted by atomic mass is 15.3. The summed E-state index contributed by atoms with van der Waals surface area (Å²) in [5.74, 6) is 1.44. The quantitative estimate of drug-likeness (QED) is 0.830. The summed E-state index contributed by atoms with van der Waals surface area (Å²) >= 11 is 0. The van der Waals surface area contributed by atoms with Gasteiger partial charge in [0.1, 0.15) is 0 Å².